The molecule has 0 radical (unpaired) electrons. The van der Waals surface area contributed by atoms with Crippen molar-refractivity contribution in [3.8, 4) is 0 Å². The summed E-state index contributed by atoms with van der Waals surface area (Å²) in [6, 6.07) is 0. The predicted octanol–water partition coefficient (Wildman–Crippen LogP) is 21.4. The van der Waals surface area contributed by atoms with Crippen LogP contribution < -0.4 is 0 Å². The fraction of sp³-hybridized carbons (Fsp3) is 0.771. The number of carbonyl (C=O) groups is 2. The molecular formula is C70H127NO8P+. The van der Waals surface area contributed by atoms with Crippen LogP contribution in [0.4, 0.5) is 0 Å². The van der Waals surface area contributed by atoms with Crippen LogP contribution in [0.3, 0.4) is 0 Å². The Morgan fingerprint density at radius 1 is 0.400 bits per heavy atom. The first-order valence-corrected chi connectivity index (χ1v) is 34.8. The van der Waals surface area contributed by atoms with Gasteiger partial charge in [0.05, 0.1) is 27.7 Å². The molecule has 0 saturated carbocycles. The van der Waals surface area contributed by atoms with Crippen LogP contribution in [0.25, 0.3) is 0 Å². The number of hydrogen-bond donors (Lipinski definition) is 1. The van der Waals surface area contributed by atoms with E-state index < -0.39 is 26.5 Å². The van der Waals surface area contributed by atoms with Gasteiger partial charge in [-0.3, -0.25) is 18.6 Å². The topological polar surface area (TPSA) is 108 Å². The number of phosphoric acid groups is 1. The van der Waals surface area contributed by atoms with E-state index >= 15 is 0 Å². The van der Waals surface area contributed by atoms with Gasteiger partial charge in [-0.2, -0.15) is 0 Å². The Morgan fingerprint density at radius 2 is 0.713 bits per heavy atom. The highest BCUT2D eigenvalue weighted by Gasteiger charge is 2.27. The van der Waals surface area contributed by atoms with Gasteiger partial charge < -0.3 is 18.9 Å². The molecule has 464 valence electrons. The van der Waals surface area contributed by atoms with Crippen LogP contribution in [-0.2, 0) is 32.7 Å². The van der Waals surface area contributed by atoms with Crippen LogP contribution in [0.1, 0.15) is 296 Å². The molecule has 0 fully saturated rings. The molecule has 80 heavy (non-hydrogen) atoms. The Morgan fingerprint density at radius 3 is 1.06 bits per heavy atom. The maximum Gasteiger partial charge on any atom is 0.472 e. The minimum absolute atomic E-state index is 0.0303. The van der Waals surface area contributed by atoms with E-state index in [9.17, 15) is 19.0 Å². The molecule has 0 aliphatic carbocycles. The molecule has 2 unspecified atom stereocenters. The van der Waals surface area contributed by atoms with E-state index in [-0.39, 0.29) is 32.0 Å². The van der Waals surface area contributed by atoms with Crippen molar-refractivity contribution in [3.05, 3.63) is 85.1 Å². The van der Waals surface area contributed by atoms with Crippen LogP contribution in [0.2, 0.25) is 0 Å². The van der Waals surface area contributed by atoms with E-state index in [1.165, 1.54) is 193 Å². The normalized spacial score (nSPS) is 13.7. The number of nitrogens with zero attached hydrogens (tertiary/aromatic N) is 1. The van der Waals surface area contributed by atoms with Crippen molar-refractivity contribution in [2.45, 2.75) is 302 Å². The number of hydrogen-bond acceptors (Lipinski definition) is 7. The second-order valence-corrected chi connectivity index (χ2v) is 24.9. The molecule has 0 rings (SSSR count). The van der Waals surface area contributed by atoms with Gasteiger partial charge in [0.2, 0.25) is 0 Å². The molecule has 0 saturated heterocycles. The zero-order chi connectivity index (χ0) is 58.4. The lowest BCUT2D eigenvalue weighted by molar-refractivity contribution is -0.870. The second kappa shape index (κ2) is 60.8. The van der Waals surface area contributed by atoms with Gasteiger partial charge in [-0.15, -0.1) is 0 Å². The molecule has 2 atom stereocenters. The minimum atomic E-state index is -4.39. The predicted molar refractivity (Wildman–Crippen MR) is 344 cm³/mol. The number of likely N-dealkylation sites (N-methyl/N-ethyl adjacent to an activating group) is 1. The summed E-state index contributed by atoms with van der Waals surface area (Å²) < 4.78 is 34.7. The summed E-state index contributed by atoms with van der Waals surface area (Å²) in [5.74, 6) is -0.792. The Kier molecular flexibility index (Phi) is 58.6. The van der Waals surface area contributed by atoms with E-state index in [0.717, 1.165) is 70.6 Å². The number of quaternary nitrogens is 1. The molecule has 0 spiro atoms. The maximum atomic E-state index is 12.9. The molecule has 0 aromatic carbocycles. The van der Waals surface area contributed by atoms with Gasteiger partial charge in [-0.1, -0.05) is 279 Å². The number of ether oxygens (including phenoxy) is 2. The number of unbranched alkanes of at least 4 members (excludes halogenated alkanes) is 33. The van der Waals surface area contributed by atoms with Crippen molar-refractivity contribution in [2.24, 2.45) is 0 Å². The molecule has 0 aliphatic rings. The molecule has 9 nitrogen and oxygen atoms in total. The largest absolute Gasteiger partial charge is 0.472 e. The van der Waals surface area contributed by atoms with E-state index in [4.69, 9.17) is 18.5 Å². The molecule has 0 aliphatic heterocycles. The third kappa shape index (κ3) is 64.4. The Balaban J connectivity index is 3.99. The first-order chi connectivity index (χ1) is 39.0. The lowest BCUT2D eigenvalue weighted by Gasteiger charge is -2.24. The molecule has 0 amide bonds. The number of phosphoric ester groups is 1. The highest BCUT2D eigenvalue weighted by molar-refractivity contribution is 7.47. The lowest BCUT2D eigenvalue weighted by Crippen LogP contribution is -2.37. The van der Waals surface area contributed by atoms with Crippen LogP contribution >= 0.6 is 7.82 Å². The summed E-state index contributed by atoms with van der Waals surface area (Å²) >= 11 is 0. The van der Waals surface area contributed by atoms with E-state index in [1.54, 1.807) is 0 Å². The van der Waals surface area contributed by atoms with Crippen molar-refractivity contribution >= 4 is 19.8 Å². The highest BCUT2D eigenvalue weighted by Crippen LogP contribution is 2.43. The first-order valence-electron chi connectivity index (χ1n) is 33.3. The molecule has 0 aromatic heterocycles. The van der Waals surface area contributed by atoms with E-state index in [0.29, 0.717) is 17.4 Å². The van der Waals surface area contributed by atoms with Crippen molar-refractivity contribution in [1.29, 1.82) is 0 Å². The van der Waals surface area contributed by atoms with Crippen LogP contribution in [0, 0.1) is 0 Å². The minimum Gasteiger partial charge on any atom is -0.462 e. The third-order valence-corrected chi connectivity index (χ3v) is 15.4. The Bertz CT molecular complexity index is 1630. The van der Waals surface area contributed by atoms with Gasteiger partial charge >= 0.3 is 19.8 Å². The van der Waals surface area contributed by atoms with Crippen LogP contribution in [0.15, 0.2) is 85.1 Å². The van der Waals surface area contributed by atoms with Gasteiger partial charge in [0.1, 0.15) is 19.8 Å². The second-order valence-electron chi connectivity index (χ2n) is 23.5. The zero-order valence-electron chi connectivity index (χ0n) is 52.8. The number of carbonyl (C=O) groups excluding carboxylic acids is 2. The summed E-state index contributed by atoms with van der Waals surface area (Å²) in [5.41, 5.74) is 0. The van der Waals surface area contributed by atoms with E-state index in [1.807, 2.05) is 21.1 Å². The summed E-state index contributed by atoms with van der Waals surface area (Å²) in [4.78, 5) is 35.8. The fourth-order valence-corrected chi connectivity index (χ4v) is 10.1. The van der Waals surface area contributed by atoms with Crippen molar-refractivity contribution in [1.82, 2.24) is 0 Å². The average Bonchev–Trinajstić information content (AvgIpc) is 3.42. The lowest BCUT2D eigenvalue weighted by atomic mass is 10.0. The monoisotopic (exact) mass is 1140 g/mol. The van der Waals surface area contributed by atoms with Crippen molar-refractivity contribution in [2.75, 3.05) is 47.5 Å². The number of rotatable bonds is 61. The summed E-state index contributed by atoms with van der Waals surface area (Å²) in [6.07, 6.45) is 82.5. The van der Waals surface area contributed by atoms with Crippen LogP contribution in [-0.4, -0.2) is 74.9 Å². The molecule has 0 heterocycles. The smallest absolute Gasteiger partial charge is 0.462 e. The van der Waals surface area contributed by atoms with Crippen molar-refractivity contribution < 1.29 is 42.1 Å². The summed E-state index contributed by atoms with van der Waals surface area (Å²) in [5, 5.41) is 0. The molecule has 0 aromatic rings. The number of esters is 2. The average molecular weight is 1140 g/mol. The Hall–Kier alpha value is -2.81. The fourth-order valence-electron chi connectivity index (χ4n) is 9.31. The Labute approximate surface area is 494 Å². The van der Waals surface area contributed by atoms with Crippen molar-refractivity contribution in [3.63, 3.8) is 0 Å². The van der Waals surface area contributed by atoms with Gasteiger partial charge in [0, 0.05) is 12.8 Å². The van der Waals surface area contributed by atoms with Gasteiger partial charge in [0.25, 0.3) is 0 Å². The summed E-state index contributed by atoms with van der Waals surface area (Å²) in [7, 11) is 1.48. The third-order valence-electron chi connectivity index (χ3n) is 14.4. The van der Waals surface area contributed by atoms with Gasteiger partial charge in [-0.25, -0.2) is 4.57 Å². The van der Waals surface area contributed by atoms with Gasteiger partial charge in [-0.05, 0) is 89.9 Å². The highest BCUT2D eigenvalue weighted by atomic mass is 31.2. The SMILES string of the molecule is CC/C=C\C/C=C\C/C=C\C/C=C\C/C=C\CCCCCCCCCCCCCCCCCCCCCCCC(=O)OC(COC(=O)CCCCCCCCCCC/C=C\C/C=C\CCCCC)COP(=O)(O)OCC[N+](C)(C)C. The maximum absolute atomic E-state index is 12.9. The number of allylic oxidation sites excluding steroid dienone is 14. The summed E-state index contributed by atoms with van der Waals surface area (Å²) in [6.45, 7) is 4.32. The molecule has 10 heteroatoms. The molecule has 1 N–H and O–H groups in total. The standard InChI is InChI=1S/C70H126NO8P/c1-6-8-10-12-14-16-18-20-22-24-26-27-28-29-30-31-32-33-34-35-36-37-38-39-40-41-42-43-45-47-49-51-53-55-57-59-61-63-70(73)79-68(67-78-80(74,75)77-65-64-71(3,4)5)66-76-69(72)62-60-58-56-54-52-50-48-46-44-25-23-21-19-17-15-13-11-9-7-2/h8,10,14-17,20-23,26-27,29-30,68H,6-7,9,11-13,18-19,24-25,28,31-67H2,1-5H3/p+1/b10-8-,16-14-,17-15-,22-20-,23-21-,27-26-,30-29-. The molecular weight excluding hydrogens is 1010 g/mol. The molecule has 0 bridgehead atoms. The zero-order valence-corrected chi connectivity index (χ0v) is 53.7. The van der Waals surface area contributed by atoms with Crippen LogP contribution in [0.5, 0.6) is 0 Å². The van der Waals surface area contributed by atoms with E-state index in [2.05, 4.69) is 98.9 Å². The first kappa shape index (κ1) is 77.2. The quantitative estimate of drug-likeness (QED) is 0.0211. The van der Waals surface area contributed by atoms with Gasteiger partial charge in [0.15, 0.2) is 6.10 Å².